The quantitative estimate of drug-likeness (QED) is 0.560. The minimum Gasteiger partial charge on any atom is -0.371 e. The SMILES string of the molecule is OC(I)(c1ccccc1)c1ccccc1I. The van der Waals surface area contributed by atoms with E-state index in [4.69, 9.17) is 0 Å². The first-order chi connectivity index (χ1) is 7.62. The van der Waals surface area contributed by atoms with Crippen LogP contribution >= 0.6 is 45.2 Å². The molecule has 0 radical (unpaired) electrons. The average Bonchev–Trinajstić information content (AvgIpc) is 2.30. The third kappa shape index (κ3) is 2.41. The van der Waals surface area contributed by atoms with Crippen molar-refractivity contribution < 1.29 is 5.11 Å². The average molecular weight is 436 g/mol. The van der Waals surface area contributed by atoms with Crippen molar-refractivity contribution in [1.82, 2.24) is 0 Å². The number of hydrogen-bond donors (Lipinski definition) is 1. The third-order valence-corrected chi connectivity index (χ3v) is 4.53. The Labute approximate surface area is 122 Å². The number of benzene rings is 2. The van der Waals surface area contributed by atoms with E-state index >= 15 is 0 Å². The summed E-state index contributed by atoms with van der Waals surface area (Å²) in [6, 6.07) is 17.6. The molecule has 0 spiro atoms. The molecule has 0 aliphatic carbocycles. The number of rotatable bonds is 2. The third-order valence-electron chi connectivity index (χ3n) is 2.39. The molecule has 1 nitrogen and oxygen atoms in total. The van der Waals surface area contributed by atoms with Gasteiger partial charge in [0.1, 0.15) is 0 Å². The Hall–Kier alpha value is -0.140. The monoisotopic (exact) mass is 436 g/mol. The lowest BCUT2D eigenvalue weighted by Crippen LogP contribution is -2.19. The summed E-state index contributed by atoms with van der Waals surface area (Å²) in [5.41, 5.74) is 1.84. The molecule has 2 rings (SSSR count). The number of aliphatic hydroxyl groups is 1. The second-order valence-electron chi connectivity index (χ2n) is 3.47. The van der Waals surface area contributed by atoms with Gasteiger partial charge in [0.2, 0.25) is 0 Å². The predicted octanol–water partition coefficient (Wildman–Crippen LogP) is 3.92. The minimum absolute atomic E-state index is 0.903. The van der Waals surface area contributed by atoms with Gasteiger partial charge in [-0.3, -0.25) is 0 Å². The van der Waals surface area contributed by atoms with E-state index in [9.17, 15) is 5.11 Å². The summed E-state index contributed by atoms with van der Waals surface area (Å²) in [6.07, 6.45) is 0. The molecule has 2 aromatic rings. The molecule has 2 aromatic carbocycles. The maximum Gasteiger partial charge on any atom is 0.167 e. The van der Waals surface area contributed by atoms with Gasteiger partial charge in [-0.2, -0.15) is 0 Å². The summed E-state index contributed by atoms with van der Waals surface area (Å²) in [6.45, 7) is 0. The lowest BCUT2D eigenvalue weighted by molar-refractivity contribution is 0.199. The first-order valence-corrected chi connectivity index (χ1v) is 7.00. The Bertz CT molecular complexity index is 480. The molecule has 0 saturated heterocycles. The van der Waals surface area contributed by atoms with Gasteiger partial charge in [0.05, 0.1) is 0 Å². The number of alkyl halides is 1. The summed E-state index contributed by atoms with van der Waals surface area (Å²) < 4.78 is 0.109. The first-order valence-electron chi connectivity index (χ1n) is 4.84. The van der Waals surface area contributed by atoms with Crippen molar-refractivity contribution in [3.63, 3.8) is 0 Å². The van der Waals surface area contributed by atoms with Gasteiger partial charge < -0.3 is 5.11 Å². The Balaban J connectivity index is 2.51. The summed E-state index contributed by atoms with van der Waals surface area (Å²) in [5.74, 6) is 0. The fourth-order valence-corrected chi connectivity index (χ4v) is 3.67. The topological polar surface area (TPSA) is 20.2 Å². The molecule has 0 fully saturated rings. The van der Waals surface area contributed by atoms with Crippen LogP contribution in [0, 0.1) is 3.57 Å². The van der Waals surface area contributed by atoms with Crippen LogP contribution in [0.15, 0.2) is 54.6 Å². The van der Waals surface area contributed by atoms with E-state index < -0.39 is 3.61 Å². The van der Waals surface area contributed by atoms with Crippen LogP contribution in [0.1, 0.15) is 11.1 Å². The molecule has 0 bridgehead atoms. The molecule has 1 unspecified atom stereocenters. The van der Waals surface area contributed by atoms with E-state index in [1.807, 2.05) is 54.6 Å². The van der Waals surface area contributed by atoms with Crippen LogP contribution in [0.5, 0.6) is 0 Å². The minimum atomic E-state index is -0.962. The van der Waals surface area contributed by atoms with Crippen molar-refractivity contribution in [2.24, 2.45) is 0 Å². The van der Waals surface area contributed by atoms with Crippen molar-refractivity contribution in [1.29, 1.82) is 0 Å². The fourth-order valence-electron chi connectivity index (χ4n) is 1.54. The Morgan fingerprint density at radius 3 is 2.06 bits per heavy atom. The largest absolute Gasteiger partial charge is 0.371 e. The highest BCUT2D eigenvalue weighted by Crippen LogP contribution is 2.38. The van der Waals surface area contributed by atoms with E-state index in [-0.39, 0.29) is 0 Å². The van der Waals surface area contributed by atoms with Crippen LogP contribution in [0.2, 0.25) is 0 Å². The van der Waals surface area contributed by atoms with Gasteiger partial charge in [0, 0.05) is 9.13 Å². The zero-order valence-electron chi connectivity index (χ0n) is 8.40. The second kappa shape index (κ2) is 5.01. The van der Waals surface area contributed by atoms with Gasteiger partial charge in [0.15, 0.2) is 3.61 Å². The first kappa shape index (κ1) is 12.3. The summed E-state index contributed by atoms with van der Waals surface area (Å²) in [5, 5.41) is 10.6. The molecule has 1 atom stereocenters. The van der Waals surface area contributed by atoms with Crippen LogP contribution in [-0.4, -0.2) is 5.11 Å². The highest BCUT2D eigenvalue weighted by molar-refractivity contribution is 14.1. The Kier molecular flexibility index (Phi) is 3.86. The fraction of sp³-hybridized carbons (Fsp3) is 0.0769. The molecule has 0 aliphatic heterocycles. The highest BCUT2D eigenvalue weighted by Gasteiger charge is 2.29. The molecule has 0 aliphatic rings. The molecule has 0 heterocycles. The van der Waals surface area contributed by atoms with Crippen molar-refractivity contribution in [3.05, 3.63) is 69.3 Å². The Morgan fingerprint density at radius 1 is 0.875 bits per heavy atom. The lowest BCUT2D eigenvalue weighted by Gasteiger charge is -2.23. The number of halogens is 2. The van der Waals surface area contributed by atoms with Gasteiger partial charge in [-0.15, -0.1) is 0 Å². The molecule has 3 heteroatoms. The van der Waals surface area contributed by atoms with Gasteiger partial charge >= 0.3 is 0 Å². The van der Waals surface area contributed by atoms with E-state index in [0.29, 0.717) is 0 Å². The summed E-state index contributed by atoms with van der Waals surface area (Å²) in [4.78, 5) is 0. The van der Waals surface area contributed by atoms with Crippen LogP contribution < -0.4 is 0 Å². The van der Waals surface area contributed by atoms with Gasteiger partial charge in [-0.1, -0.05) is 48.5 Å². The predicted molar refractivity (Wildman–Crippen MR) is 82.6 cm³/mol. The molecule has 82 valence electrons. The van der Waals surface area contributed by atoms with E-state index in [0.717, 1.165) is 14.7 Å². The zero-order chi connectivity index (χ0) is 11.6. The second-order valence-corrected chi connectivity index (χ2v) is 6.19. The molecule has 16 heavy (non-hydrogen) atoms. The molecular weight excluding hydrogens is 426 g/mol. The smallest absolute Gasteiger partial charge is 0.167 e. The van der Waals surface area contributed by atoms with E-state index in [1.165, 1.54) is 0 Å². The van der Waals surface area contributed by atoms with E-state index in [2.05, 4.69) is 45.2 Å². The molecule has 1 N–H and O–H groups in total. The van der Waals surface area contributed by atoms with Crippen LogP contribution in [0.25, 0.3) is 0 Å². The summed E-state index contributed by atoms with van der Waals surface area (Å²) in [7, 11) is 0. The van der Waals surface area contributed by atoms with Gasteiger partial charge in [-0.25, -0.2) is 0 Å². The molecule has 0 amide bonds. The van der Waals surface area contributed by atoms with Crippen LogP contribution in [0.3, 0.4) is 0 Å². The molecule has 0 aromatic heterocycles. The highest BCUT2D eigenvalue weighted by atomic mass is 127. The zero-order valence-corrected chi connectivity index (χ0v) is 12.7. The van der Waals surface area contributed by atoms with E-state index in [1.54, 1.807) is 0 Å². The van der Waals surface area contributed by atoms with Crippen molar-refractivity contribution in [3.8, 4) is 0 Å². The maximum absolute atomic E-state index is 10.6. The van der Waals surface area contributed by atoms with Crippen LogP contribution in [0.4, 0.5) is 0 Å². The van der Waals surface area contributed by atoms with Gasteiger partial charge in [-0.05, 0) is 56.8 Å². The summed E-state index contributed by atoms with van der Waals surface area (Å²) >= 11 is 4.33. The standard InChI is InChI=1S/C13H10I2O/c14-12-9-5-4-8-11(12)13(15,16)10-6-2-1-3-7-10/h1-9,16H. The van der Waals surface area contributed by atoms with Crippen molar-refractivity contribution in [2.45, 2.75) is 3.61 Å². The van der Waals surface area contributed by atoms with Crippen molar-refractivity contribution >= 4 is 45.2 Å². The molecular formula is C13H10I2O. The maximum atomic E-state index is 10.6. The normalized spacial score (nSPS) is 14.4. The lowest BCUT2D eigenvalue weighted by atomic mass is 10.0. The molecule has 0 saturated carbocycles. The van der Waals surface area contributed by atoms with Crippen molar-refractivity contribution in [2.75, 3.05) is 0 Å². The Morgan fingerprint density at radius 2 is 1.44 bits per heavy atom. The number of hydrogen-bond acceptors (Lipinski definition) is 1. The van der Waals surface area contributed by atoms with Crippen LogP contribution in [-0.2, 0) is 3.61 Å². The van der Waals surface area contributed by atoms with Gasteiger partial charge in [0.25, 0.3) is 0 Å².